The number of benzene rings is 2. The average molecular weight is 431 g/mol. The van der Waals surface area contributed by atoms with Gasteiger partial charge in [0, 0.05) is 16.7 Å². The van der Waals surface area contributed by atoms with E-state index in [1.54, 1.807) is 0 Å². The minimum atomic E-state index is -2.99. The van der Waals surface area contributed by atoms with Crippen LogP contribution in [0.5, 0.6) is 11.5 Å². The summed E-state index contributed by atoms with van der Waals surface area (Å²) in [4.78, 5) is 23.8. The Morgan fingerprint density at radius 2 is 1.86 bits per heavy atom. The summed E-state index contributed by atoms with van der Waals surface area (Å²) >= 11 is 11.7. The van der Waals surface area contributed by atoms with E-state index in [1.807, 2.05) is 0 Å². The Morgan fingerprint density at radius 3 is 2.50 bits per heavy atom. The second-order valence-electron chi connectivity index (χ2n) is 5.28. The van der Waals surface area contributed by atoms with Gasteiger partial charge in [-0.25, -0.2) is 4.79 Å². The van der Waals surface area contributed by atoms with Crippen molar-refractivity contribution in [2.75, 3.05) is 13.7 Å². The third kappa shape index (κ3) is 6.21. The van der Waals surface area contributed by atoms with Crippen molar-refractivity contribution in [2.45, 2.75) is 6.61 Å². The second kappa shape index (κ2) is 10.1. The van der Waals surface area contributed by atoms with E-state index in [1.165, 1.54) is 49.6 Å². The topological polar surface area (TPSA) is 61.8 Å². The molecule has 28 heavy (non-hydrogen) atoms. The summed E-state index contributed by atoms with van der Waals surface area (Å²) in [6, 6.07) is 8.47. The molecule has 2 aromatic carbocycles. The Morgan fingerprint density at radius 1 is 1.11 bits per heavy atom. The maximum Gasteiger partial charge on any atom is 0.387 e. The highest BCUT2D eigenvalue weighted by molar-refractivity contribution is 6.36. The van der Waals surface area contributed by atoms with E-state index in [-0.39, 0.29) is 22.1 Å². The van der Waals surface area contributed by atoms with E-state index in [9.17, 15) is 18.4 Å². The smallest absolute Gasteiger partial charge is 0.387 e. The number of methoxy groups -OCH3 is 1. The zero-order valence-electron chi connectivity index (χ0n) is 14.5. The van der Waals surface area contributed by atoms with Gasteiger partial charge in [-0.15, -0.1) is 0 Å². The Bertz CT molecular complexity index is 900. The summed E-state index contributed by atoms with van der Waals surface area (Å²) in [5.41, 5.74) is 0.657. The number of ether oxygens (including phenoxy) is 3. The van der Waals surface area contributed by atoms with Gasteiger partial charge < -0.3 is 14.2 Å². The lowest BCUT2D eigenvalue weighted by Gasteiger charge is -2.10. The Balaban J connectivity index is 1.97. The van der Waals surface area contributed by atoms with Gasteiger partial charge in [-0.05, 0) is 42.0 Å². The van der Waals surface area contributed by atoms with Gasteiger partial charge in [0.2, 0.25) is 5.78 Å². The summed E-state index contributed by atoms with van der Waals surface area (Å²) in [6.07, 6.45) is 2.45. The molecule has 5 nitrogen and oxygen atoms in total. The van der Waals surface area contributed by atoms with Gasteiger partial charge >= 0.3 is 12.6 Å². The van der Waals surface area contributed by atoms with Crippen LogP contribution in [0.3, 0.4) is 0 Å². The largest absolute Gasteiger partial charge is 0.493 e. The van der Waals surface area contributed by atoms with Crippen LogP contribution in [-0.2, 0) is 9.53 Å². The highest BCUT2D eigenvalue weighted by atomic mass is 35.5. The molecule has 0 aliphatic carbocycles. The summed E-state index contributed by atoms with van der Waals surface area (Å²) in [5, 5.41) is 0.532. The number of halogens is 4. The number of esters is 1. The van der Waals surface area contributed by atoms with Crippen LogP contribution in [0.1, 0.15) is 15.9 Å². The lowest BCUT2D eigenvalue weighted by atomic mass is 10.1. The van der Waals surface area contributed by atoms with Gasteiger partial charge in [0.05, 0.1) is 12.1 Å². The van der Waals surface area contributed by atoms with Gasteiger partial charge in [0.1, 0.15) is 0 Å². The number of Topliss-reactive ketones (excluding diaryl/α,β-unsaturated/α-hetero) is 1. The predicted octanol–water partition coefficient (Wildman–Crippen LogP) is 5.04. The third-order valence-corrected chi connectivity index (χ3v) is 3.94. The number of alkyl halides is 2. The summed E-state index contributed by atoms with van der Waals surface area (Å²) in [6.45, 7) is -3.49. The first-order chi connectivity index (χ1) is 13.3. The standard InChI is InChI=1S/C19H14Cl2F2O5/c1-26-17-8-11(2-6-16(17)28-19(22)23)3-7-18(25)27-10-15(24)13-5-4-12(20)9-14(13)21/h2-9,19H,10H2,1H3/b7-3+. The molecular formula is C19H14Cl2F2O5. The average Bonchev–Trinajstić information content (AvgIpc) is 2.64. The minimum absolute atomic E-state index is 0.0726. The number of ketones is 1. The molecule has 0 radical (unpaired) electrons. The van der Waals surface area contributed by atoms with Crippen LogP contribution in [0.2, 0.25) is 10.0 Å². The molecule has 0 unspecified atom stereocenters. The molecule has 148 valence electrons. The number of rotatable bonds is 8. The van der Waals surface area contributed by atoms with Gasteiger partial charge in [-0.1, -0.05) is 29.3 Å². The van der Waals surface area contributed by atoms with Crippen LogP contribution >= 0.6 is 23.2 Å². The van der Waals surface area contributed by atoms with Crippen molar-refractivity contribution >= 4 is 41.0 Å². The zero-order valence-corrected chi connectivity index (χ0v) is 16.0. The van der Waals surface area contributed by atoms with Crippen molar-refractivity contribution in [1.82, 2.24) is 0 Å². The molecule has 0 saturated heterocycles. The van der Waals surface area contributed by atoms with E-state index < -0.39 is 25.0 Å². The molecule has 0 bridgehead atoms. The number of carbonyl (C=O) groups is 2. The highest BCUT2D eigenvalue weighted by Crippen LogP contribution is 2.29. The molecule has 0 atom stereocenters. The lowest BCUT2D eigenvalue weighted by molar-refractivity contribution is -0.136. The quantitative estimate of drug-likeness (QED) is 0.333. The Hall–Kier alpha value is -2.64. The Labute approximate surface area is 169 Å². The van der Waals surface area contributed by atoms with Crippen molar-refractivity contribution < 1.29 is 32.6 Å². The van der Waals surface area contributed by atoms with Crippen molar-refractivity contribution in [3.8, 4) is 11.5 Å². The van der Waals surface area contributed by atoms with E-state index in [4.69, 9.17) is 32.7 Å². The minimum Gasteiger partial charge on any atom is -0.493 e. The summed E-state index contributed by atoms with van der Waals surface area (Å²) in [5.74, 6) is -1.32. The van der Waals surface area contributed by atoms with Crippen molar-refractivity contribution in [1.29, 1.82) is 0 Å². The van der Waals surface area contributed by atoms with Crippen molar-refractivity contribution in [3.05, 3.63) is 63.6 Å². The van der Waals surface area contributed by atoms with Crippen LogP contribution in [0, 0.1) is 0 Å². The normalized spacial score (nSPS) is 10.9. The summed E-state index contributed by atoms with van der Waals surface area (Å²) < 4.78 is 38.8. The zero-order chi connectivity index (χ0) is 20.7. The SMILES string of the molecule is COc1cc(/C=C/C(=O)OCC(=O)c2ccc(Cl)cc2Cl)ccc1OC(F)F. The molecule has 9 heteroatoms. The molecule has 0 aliphatic rings. The van der Waals surface area contributed by atoms with Crippen LogP contribution in [0.15, 0.2) is 42.5 Å². The fourth-order valence-corrected chi connectivity index (χ4v) is 2.64. The maximum absolute atomic E-state index is 12.3. The molecule has 0 aliphatic heterocycles. The van der Waals surface area contributed by atoms with Gasteiger partial charge in [0.25, 0.3) is 0 Å². The first-order valence-corrected chi connectivity index (χ1v) is 8.51. The van der Waals surface area contributed by atoms with E-state index >= 15 is 0 Å². The van der Waals surface area contributed by atoms with Gasteiger partial charge in [-0.3, -0.25) is 4.79 Å². The fourth-order valence-electron chi connectivity index (χ4n) is 2.12. The van der Waals surface area contributed by atoms with Crippen LogP contribution in [0.4, 0.5) is 8.78 Å². The molecule has 0 heterocycles. The van der Waals surface area contributed by atoms with Gasteiger partial charge in [0.15, 0.2) is 18.1 Å². The number of carbonyl (C=O) groups excluding carboxylic acids is 2. The van der Waals surface area contributed by atoms with E-state index in [0.29, 0.717) is 10.6 Å². The number of hydrogen-bond acceptors (Lipinski definition) is 5. The molecule has 0 saturated carbocycles. The molecule has 0 aromatic heterocycles. The van der Waals surface area contributed by atoms with Crippen LogP contribution < -0.4 is 9.47 Å². The first kappa shape index (κ1) is 21.7. The molecule has 0 fully saturated rings. The second-order valence-corrected chi connectivity index (χ2v) is 6.12. The van der Waals surface area contributed by atoms with Crippen LogP contribution in [-0.4, -0.2) is 32.1 Å². The van der Waals surface area contributed by atoms with E-state index in [2.05, 4.69) is 4.74 Å². The lowest BCUT2D eigenvalue weighted by Crippen LogP contribution is -2.13. The molecule has 0 N–H and O–H groups in total. The molecule has 2 rings (SSSR count). The molecular weight excluding hydrogens is 417 g/mol. The van der Waals surface area contributed by atoms with Crippen molar-refractivity contribution in [3.63, 3.8) is 0 Å². The molecule has 2 aromatic rings. The Kier molecular flexibility index (Phi) is 7.78. The predicted molar refractivity (Wildman–Crippen MR) is 100 cm³/mol. The maximum atomic E-state index is 12.3. The first-order valence-electron chi connectivity index (χ1n) is 7.76. The van der Waals surface area contributed by atoms with Gasteiger partial charge in [-0.2, -0.15) is 8.78 Å². The number of hydrogen-bond donors (Lipinski definition) is 0. The monoisotopic (exact) mass is 430 g/mol. The summed E-state index contributed by atoms with van der Waals surface area (Å²) in [7, 11) is 1.29. The molecule has 0 spiro atoms. The highest BCUT2D eigenvalue weighted by Gasteiger charge is 2.13. The van der Waals surface area contributed by atoms with E-state index in [0.717, 1.165) is 6.08 Å². The third-order valence-electron chi connectivity index (χ3n) is 3.39. The fraction of sp³-hybridized carbons (Fsp3) is 0.158. The molecule has 0 amide bonds. The van der Waals surface area contributed by atoms with Crippen molar-refractivity contribution in [2.24, 2.45) is 0 Å². The van der Waals surface area contributed by atoms with Crippen LogP contribution in [0.25, 0.3) is 6.08 Å².